The molecule has 1 aliphatic carbocycles. The third-order valence-electron chi connectivity index (χ3n) is 5.81. The van der Waals surface area contributed by atoms with Gasteiger partial charge in [-0.25, -0.2) is 0 Å². The summed E-state index contributed by atoms with van der Waals surface area (Å²) < 4.78 is 0. The summed E-state index contributed by atoms with van der Waals surface area (Å²) in [5.41, 5.74) is 0.852. The Morgan fingerprint density at radius 1 is 1.14 bits per heavy atom. The molecule has 0 radical (unpaired) electrons. The third kappa shape index (κ3) is 2.11. The molecule has 1 aromatic carbocycles. The normalized spacial score (nSPS) is 29.0. The zero-order chi connectivity index (χ0) is 15.2. The van der Waals surface area contributed by atoms with Gasteiger partial charge in [0.15, 0.2) is 0 Å². The highest BCUT2D eigenvalue weighted by Crippen LogP contribution is 2.45. The lowest BCUT2D eigenvalue weighted by atomic mass is 9.77. The van der Waals surface area contributed by atoms with Crippen molar-refractivity contribution in [1.29, 1.82) is 0 Å². The van der Waals surface area contributed by atoms with Crippen LogP contribution in [0.2, 0.25) is 5.02 Å². The summed E-state index contributed by atoms with van der Waals surface area (Å²) in [5.74, 6) is 0.365. The number of hydrogen-bond acceptors (Lipinski definition) is 1. The van der Waals surface area contributed by atoms with Crippen LogP contribution in [0.4, 0.5) is 0 Å². The Morgan fingerprint density at radius 2 is 1.86 bits per heavy atom. The highest BCUT2D eigenvalue weighted by Gasteiger charge is 2.49. The molecule has 4 rings (SSSR count). The van der Waals surface area contributed by atoms with Gasteiger partial charge in [0.25, 0.3) is 0 Å². The minimum absolute atomic E-state index is 0.309. The number of hydrogen-bond donors (Lipinski definition) is 0. The van der Waals surface area contributed by atoms with E-state index in [0.29, 0.717) is 18.0 Å². The lowest BCUT2D eigenvalue weighted by Crippen LogP contribution is -2.51. The predicted octanol–water partition coefficient (Wildman–Crippen LogP) is 4.47. The Labute approximate surface area is 137 Å². The summed E-state index contributed by atoms with van der Waals surface area (Å²) in [6.45, 7) is 0. The van der Waals surface area contributed by atoms with Gasteiger partial charge in [0.1, 0.15) is 0 Å². The number of fused-ring (bicyclic) bond motifs is 2. The van der Waals surface area contributed by atoms with Gasteiger partial charge in [-0.3, -0.25) is 4.79 Å². The number of benzene rings is 1. The average molecular weight is 316 g/mol. The van der Waals surface area contributed by atoms with Gasteiger partial charge in [-0.1, -0.05) is 48.7 Å². The lowest BCUT2D eigenvalue weighted by molar-refractivity contribution is -0.139. The second-order valence-corrected chi connectivity index (χ2v) is 7.41. The zero-order valence-electron chi connectivity index (χ0n) is 12.8. The predicted molar refractivity (Wildman–Crippen MR) is 89.0 cm³/mol. The van der Waals surface area contributed by atoms with E-state index in [1.54, 1.807) is 0 Å². The maximum Gasteiger partial charge on any atom is 0.233 e. The molecule has 1 saturated heterocycles. The molecule has 1 saturated carbocycles. The van der Waals surface area contributed by atoms with Crippen LogP contribution in [-0.2, 0) is 10.2 Å². The van der Waals surface area contributed by atoms with E-state index in [1.807, 2.05) is 12.1 Å². The first kappa shape index (κ1) is 14.3. The number of halogens is 1. The molecule has 2 aliphatic heterocycles. The van der Waals surface area contributed by atoms with Crippen molar-refractivity contribution >= 4 is 17.5 Å². The van der Waals surface area contributed by atoms with E-state index >= 15 is 0 Å². The number of carbonyl (C=O) groups is 1. The van der Waals surface area contributed by atoms with Gasteiger partial charge in [0.2, 0.25) is 5.91 Å². The van der Waals surface area contributed by atoms with E-state index in [2.05, 4.69) is 29.2 Å². The Hall–Kier alpha value is -1.28. The first-order valence-electron chi connectivity index (χ1n) is 8.46. The molecule has 22 heavy (non-hydrogen) atoms. The fourth-order valence-corrected chi connectivity index (χ4v) is 4.79. The number of carbonyl (C=O) groups excluding carboxylic acids is 1. The quantitative estimate of drug-likeness (QED) is 0.737. The monoisotopic (exact) mass is 315 g/mol. The van der Waals surface area contributed by atoms with Gasteiger partial charge in [-0.05, 0) is 49.8 Å². The molecular formula is C19H22ClNO. The summed E-state index contributed by atoms with van der Waals surface area (Å²) in [6.07, 6.45) is 12.1. The largest absolute Gasteiger partial charge is 0.332 e. The summed E-state index contributed by atoms with van der Waals surface area (Å²) in [4.78, 5) is 15.7. The molecule has 3 aliphatic rings. The van der Waals surface area contributed by atoms with Crippen molar-refractivity contribution in [2.75, 3.05) is 0 Å². The zero-order valence-corrected chi connectivity index (χ0v) is 13.6. The first-order chi connectivity index (χ1) is 10.7. The third-order valence-corrected chi connectivity index (χ3v) is 6.06. The Kier molecular flexibility index (Phi) is 3.53. The van der Waals surface area contributed by atoms with Gasteiger partial charge in [-0.15, -0.1) is 0 Å². The van der Waals surface area contributed by atoms with E-state index < -0.39 is 0 Å². The van der Waals surface area contributed by atoms with Crippen molar-refractivity contribution in [3.05, 3.63) is 47.0 Å². The average Bonchev–Trinajstić information content (AvgIpc) is 3.11. The summed E-state index contributed by atoms with van der Waals surface area (Å²) in [5, 5.41) is 0.741. The highest BCUT2D eigenvalue weighted by atomic mass is 35.5. The molecule has 116 valence electrons. The van der Waals surface area contributed by atoms with Crippen molar-refractivity contribution in [2.24, 2.45) is 0 Å². The van der Waals surface area contributed by atoms with Crippen molar-refractivity contribution in [3.63, 3.8) is 0 Å². The fourth-order valence-electron chi connectivity index (χ4n) is 4.66. The second kappa shape index (κ2) is 5.42. The van der Waals surface area contributed by atoms with E-state index in [0.717, 1.165) is 55.5 Å². The van der Waals surface area contributed by atoms with Gasteiger partial charge in [0, 0.05) is 11.1 Å². The van der Waals surface area contributed by atoms with Crippen LogP contribution < -0.4 is 0 Å². The minimum atomic E-state index is -0.309. The van der Waals surface area contributed by atoms with Crippen LogP contribution in [0.1, 0.15) is 50.5 Å². The molecule has 0 aromatic heterocycles. The van der Waals surface area contributed by atoms with Gasteiger partial charge < -0.3 is 4.90 Å². The van der Waals surface area contributed by atoms with Crippen LogP contribution in [0.15, 0.2) is 36.4 Å². The van der Waals surface area contributed by atoms with E-state index in [4.69, 9.17) is 11.6 Å². The smallest absolute Gasteiger partial charge is 0.233 e. The van der Waals surface area contributed by atoms with Gasteiger partial charge in [-0.2, -0.15) is 0 Å². The van der Waals surface area contributed by atoms with Crippen LogP contribution in [-0.4, -0.2) is 22.9 Å². The van der Waals surface area contributed by atoms with Crippen molar-refractivity contribution in [1.82, 2.24) is 4.90 Å². The highest BCUT2D eigenvalue weighted by molar-refractivity contribution is 6.30. The molecule has 2 bridgehead atoms. The molecule has 2 nitrogen and oxygen atoms in total. The van der Waals surface area contributed by atoms with Crippen LogP contribution in [0.5, 0.6) is 0 Å². The SMILES string of the molecule is O=C(N1C2C=CCC1CC2)C1(c2ccc(Cl)cc2)CCCC1. The molecule has 1 aromatic rings. The van der Waals surface area contributed by atoms with E-state index in [-0.39, 0.29) is 5.41 Å². The summed E-state index contributed by atoms with van der Waals surface area (Å²) in [6, 6.07) is 8.73. The van der Waals surface area contributed by atoms with Crippen LogP contribution >= 0.6 is 11.6 Å². The topological polar surface area (TPSA) is 20.3 Å². The van der Waals surface area contributed by atoms with Crippen LogP contribution in [0.25, 0.3) is 0 Å². The second-order valence-electron chi connectivity index (χ2n) is 6.97. The lowest BCUT2D eigenvalue weighted by Gasteiger charge is -2.39. The maximum absolute atomic E-state index is 13.5. The first-order valence-corrected chi connectivity index (χ1v) is 8.84. The minimum Gasteiger partial charge on any atom is -0.332 e. The van der Waals surface area contributed by atoms with E-state index in [1.165, 1.54) is 0 Å². The van der Waals surface area contributed by atoms with Crippen molar-refractivity contribution in [2.45, 2.75) is 62.4 Å². The van der Waals surface area contributed by atoms with Crippen LogP contribution in [0.3, 0.4) is 0 Å². The Morgan fingerprint density at radius 3 is 2.55 bits per heavy atom. The molecule has 3 heteroatoms. The van der Waals surface area contributed by atoms with Crippen molar-refractivity contribution in [3.8, 4) is 0 Å². The molecule has 2 heterocycles. The number of rotatable bonds is 2. The number of amides is 1. The summed E-state index contributed by atoms with van der Waals surface area (Å²) in [7, 11) is 0. The molecule has 0 N–H and O–H groups in total. The van der Waals surface area contributed by atoms with Crippen LogP contribution in [0, 0.1) is 0 Å². The van der Waals surface area contributed by atoms with Gasteiger partial charge >= 0.3 is 0 Å². The standard InChI is InChI=1S/C19H22ClNO/c20-15-8-6-14(7-9-15)19(12-1-2-13-19)18(22)21-16-4-3-5-17(21)11-10-16/h3-4,6-9,16-17H,1-2,5,10-13H2. The number of nitrogens with zero attached hydrogens (tertiary/aromatic N) is 1. The molecule has 2 atom stereocenters. The molecule has 2 fully saturated rings. The maximum atomic E-state index is 13.5. The molecule has 2 unspecified atom stereocenters. The van der Waals surface area contributed by atoms with Gasteiger partial charge in [0.05, 0.1) is 11.5 Å². The van der Waals surface area contributed by atoms with E-state index in [9.17, 15) is 4.79 Å². The Balaban J connectivity index is 1.71. The fraction of sp³-hybridized carbons (Fsp3) is 0.526. The summed E-state index contributed by atoms with van der Waals surface area (Å²) >= 11 is 6.04. The Bertz CT molecular complexity index is 600. The molecule has 0 spiro atoms. The molecule has 1 amide bonds. The molecular weight excluding hydrogens is 294 g/mol. The van der Waals surface area contributed by atoms with Crippen molar-refractivity contribution < 1.29 is 4.79 Å².